The molecule has 0 spiro atoms. The molecule has 0 saturated heterocycles. The quantitative estimate of drug-likeness (QED) is 0.512. The third-order valence-corrected chi connectivity index (χ3v) is 4.75. The molecular weight excluding hydrogens is 368 g/mol. The first kappa shape index (κ1) is 18.1. The van der Waals surface area contributed by atoms with Crippen LogP contribution in [-0.4, -0.2) is 28.0 Å². The molecule has 0 unspecified atom stereocenters. The van der Waals surface area contributed by atoms with E-state index in [0.717, 1.165) is 16.1 Å². The maximum Gasteiger partial charge on any atom is 0.340 e. The Bertz CT molecular complexity index is 919. The number of aryl methyl sites for hydroxylation is 1. The number of hydrogen-bond acceptors (Lipinski definition) is 5. The van der Waals surface area contributed by atoms with E-state index < -0.39 is 0 Å². The average Bonchev–Trinajstić information content (AvgIpc) is 3.24. The molecule has 0 saturated carbocycles. The second kappa shape index (κ2) is 8.11. The fourth-order valence-corrected chi connectivity index (χ4v) is 3.65. The van der Waals surface area contributed by atoms with Crippen LogP contribution >= 0.6 is 23.6 Å². The SMILES string of the molecule is COC(=O)c1cc(C)sc1NC(=S)Nc1cccc(Cn2cccn2)c1. The number of nitrogens with zero attached hydrogens (tertiary/aromatic N) is 2. The fraction of sp³-hybridized carbons (Fsp3) is 0.167. The lowest BCUT2D eigenvalue weighted by Gasteiger charge is -2.11. The number of hydrogen-bond donors (Lipinski definition) is 2. The van der Waals surface area contributed by atoms with E-state index in [0.29, 0.717) is 22.2 Å². The van der Waals surface area contributed by atoms with Crippen LogP contribution in [-0.2, 0) is 11.3 Å². The minimum absolute atomic E-state index is 0.388. The summed E-state index contributed by atoms with van der Waals surface area (Å²) in [5, 5.41) is 11.5. The van der Waals surface area contributed by atoms with E-state index in [1.807, 2.05) is 48.1 Å². The van der Waals surface area contributed by atoms with Crippen molar-refractivity contribution in [1.82, 2.24) is 9.78 Å². The van der Waals surface area contributed by atoms with Crippen LogP contribution in [0.4, 0.5) is 10.7 Å². The van der Waals surface area contributed by atoms with Gasteiger partial charge in [-0.15, -0.1) is 11.3 Å². The van der Waals surface area contributed by atoms with Crippen LogP contribution < -0.4 is 10.6 Å². The van der Waals surface area contributed by atoms with E-state index >= 15 is 0 Å². The molecule has 0 bridgehead atoms. The number of anilines is 2. The minimum Gasteiger partial charge on any atom is -0.465 e. The Morgan fingerprint density at radius 1 is 1.31 bits per heavy atom. The summed E-state index contributed by atoms with van der Waals surface area (Å²) in [5.74, 6) is -0.388. The van der Waals surface area contributed by atoms with Gasteiger partial charge in [0.25, 0.3) is 0 Å². The number of ether oxygens (including phenoxy) is 1. The summed E-state index contributed by atoms with van der Waals surface area (Å²) in [5.41, 5.74) is 2.44. The van der Waals surface area contributed by atoms with Crippen molar-refractivity contribution in [3.63, 3.8) is 0 Å². The Morgan fingerprint density at radius 2 is 2.15 bits per heavy atom. The molecule has 0 atom stereocenters. The number of carbonyl (C=O) groups is 1. The Hall–Kier alpha value is -2.71. The van der Waals surface area contributed by atoms with Crippen molar-refractivity contribution in [3.8, 4) is 0 Å². The first-order valence-corrected chi connectivity index (χ1v) is 9.11. The van der Waals surface area contributed by atoms with Gasteiger partial charge in [0.15, 0.2) is 5.11 Å². The molecule has 8 heteroatoms. The number of aromatic nitrogens is 2. The molecule has 3 rings (SSSR count). The van der Waals surface area contributed by atoms with Crippen molar-refractivity contribution < 1.29 is 9.53 Å². The van der Waals surface area contributed by atoms with Crippen molar-refractivity contribution in [2.45, 2.75) is 13.5 Å². The highest BCUT2D eigenvalue weighted by atomic mass is 32.1. The van der Waals surface area contributed by atoms with Crippen LogP contribution in [0.3, 0.4) is 0 Å². The summed E-state index contributed by atoms with van der Waals surface area (Å²) >= 11 is 6.84. The summed E-state index contributed by atoms with van der Waals surface area (Å²) in [6, 6.07) is 11.6. The van der Waals surface area contributed by atoms with Gasteiger partial charge >= 0.3 is 5.97 Å². The highest BCUT2D eigenvalue weighted by Gasteiger charge is 2.16. The van der Waals surface area contributed by atoms with Crippen LogP contribution in [0.1, 0.15) is 20.8 Å². The van der Waals surface area contributed by atoms with Gasteiger partial charge < -0.3 is 15.4 Å². The van der Waals surface area contributed by atoms with E-state index in [-0.39, 0.29) is 5.97 Å². The van der Waals surface area contributed by atoms with Gasteiger partial charge in [0.2, 0.25) is 0 Å². The molecule has 0 radical (unpaired) electrons. The number of carbonyl (C=O) groups excluding carboxylic acids is 1. The lowest BCUT2D eigenvalue weighted by Crippen LogP contribution is -2.20. The number of thiocarbonyl (C=S) groups is 1. The molecule has 0 aliphatic heterocycles. The second-order valence-corrected chi connectivity index (χ2v) is 7.24. The van der Waals surface area contributed by atoms with Crippen LogP contribution in [0, 0.1) is 6.92 Å². The molecule has 0 fully saturated rings. The largest absolute Gasteiger partial charge is 0.465 e. The Labute approximate surface area is 160 Å². The summed E-state index contributed by atoms with van der Waals surface area (Å²) < 4.78 is 6.67. The Kier molecular flexibility index (Phi) is 5.65. The van der Waals surface area contributed by atoms with E-state index in [9.17, 15) is 4.79 Å². The zero-order chi connectivity index (χ0) is 18.5. The molecule has 3 aromatic rings. The number of esters is 1. The van der Waals surface area contributed by atoms with Gasteiger partial charge in [-0.2, -0.15) is 5.10 Å². The first-order valence-electron chi connectivity index (χ1n) is 7.88. The van der Waals surface area contributed by atoms with Gasteiger partial charge in [0.1, 0.15) is 5.00 Å². The van der Waals surface area contributed by atoms with Crippen LogP contribution in [0.25, 0.3) is 0 Å². The third-order valence-electron chi connectivity index (χ3n) is 3.58. The number of nitrogens with one attached hydrogen (secondary N) is 2. The molecule has 2 N–H and O–H groups in total. The van der Waals surface area contributed by atoms with Crippen LogP contribution in [0.2, 0.25) is 0 Å². The van der Waals surface area contributed by atoms with Crippen molar-refractivity contribution in [3.05, 3.63) is 64.8 Å². The molecule has 134 valence electrons. The maximum absolute atomic E-state index is 11.9. The zero-order valence-electron chi connectivity index (χ0n) is 14.4. The van der Waals surface area contributed by atoms with Crippen LogP contribution in [0.15, 0.2) is 48.8 Å². The Balaban J connectivity index is 1.68. The van der Waals surface area contributed by atoms with Gasteiger partial charge in [-0.1, -0.05) is 12.1 Å². The van der Waals surface area contributed by atoms with Gasteiger partial charge in [0.05, 0.1) is 19.2 Å². The van der Waals surface area contributed by atoms with E-state index in [4.69, 9.17) is 17.0 Å². The summed E-state index contributed by atoms with van der Waals surface area (Å²) in [6.07, 6.45) is 3.67. The topological polar surface area (TPSA) is 68.2 Å². The van der Waals surface area contributed by atoms with Gasteiger partial charge in [-0.3, -0.25) is 4.68 Å². The lowest BCUT2D eigenvalue weighted by molar-refractivity contribution is 0.0602. The molecule has 6 nitrogen and oxygen atoms in total. The van der Waals surface area contributed by atoms with Crippen molar-refractivity contribution in [2.75, 3.05) is 17.7 Å². The summed E-state index contributed by atoms with van der Waals surface area (Å²) in [4.78, 5) is 12.9. The van der Waals surface area contributed by atoms with E-state index in [1.54, 1.807) is 12.3 Å². The molecule has 2 aromatic heterocycles. The zero-order valence-corrected chi connectivity index (χ0v) is 16.0. The highest BCUT2D eigenvalue weighted by molar-refractivity contribution is 7.80. The molecule has 0 aliphatic carbocycles. The smallest absolute Gasteiger partial charge is 0.340 e. The van der Waals surface area contributed by atoms with Crippen molar-refractivity contribution >= 4 is 45.3 Å². The number of thiophene rings is 1. The molecular formula is C18H18N4O2S2. The second-order valence-electron chi connectivity index (χ2n) is 5.57. The standard InChI is InChI=1S/C18H18N4O2S2/c1-12-9-15(17(23)24-2)16(26-12)21-18(25)20-14-6-3-5-13(10-14)11-22-8-4-7-19-22/h3-10H,11H2,1-2H3,(H2,20,21,25). The number of rotatable bonds is 5. The van der Waals surface area contributed by atoms with Crippen molar-refractivity contribution in [1.29, 1.82) is 0 Å². The molecule has 0 amide bonds. The number of benzene rings is 1. The summed E-state index contributed by atoms with van der Waals surface area (Å²) in [6.45, 7) is 2.61. The molecule has 26 heavy (non-hydrogen) atoms. The fourth-order valence-electron chi connectivity index (χ4n) is 2.46. The highest BCUT2D eigenvalue weighted by Crippen LogP contribution is 2.28. The molecule has 2 heterocycles. The lowest BCUT2D eigenvalue weighted by atomic mass is 10.2. The monoisotopic (exact) mass is 386 g/mol. The summed E-state index contributed by atoms with van der Waals surface area (Å²) in [7, 11) is 1.36. The number of methoxy groups -OCH3 is 1. The van der Waals surface area contributed by atoms with Crippen molar-refractivity contribution in [2.24, 2.45) is 0 Å². The predicted octanol–water partition coefficient (Wildman–Crippen LogP) is 3.90. The molecule has 1 aromatic carbocycles. The van der Waals surface area contributed by atoms with E-state index in [2.05, 4.69) is 15.7 Å². The Morgan fingerprint density at radius 3 is 2.88 bits per heavy atom. The van der Waals surface area contributed by atoms with E-state index in [1.165, 1.54) is 18.4 Å². The van der Waals surface area contributed by atoms with Gasteiger partial charge in [-0.25, -0.2) is 4.79 Å². The van der Waals surface area contributed by atoms with Gasteiger partial charge in [-0.05, 0) is 49.0 Å². The first-order chi connectivity index (χ1) is 12.5. The normalized spacial score (nSPS) is 10.4. The third kappa shape index (κ3) is 4.47. The molecule has 0 aliphatic rings. The average molecular weight is 387 g/mol. The van der Waals surface area contributed by atoms with Crippen LogP contribution in [0.5, 0.6) is 0 Å². The predicted molar refractivity (Wildman–Crippen MR) is 108 cm³/mol. The minimum atomic E-state index is -0.388. The maximum atomic E-state index is 11.9. The van der Waals surface area contributed by atoms with Gasteiger partial charge in [0, 0.05) is 23.0 Å².